The maximum Gasteiger partial charge on any atom is 0.0604 e. The second-order valence-corrected chi connectivity index (χ2v) is 5.51. The Labute approximate surface area is 93.8 Å². The molecule has 0 aliphatic carbocycles. The maximum atomic E-state index is 9.62. The lowest BCUT2D eigenvalue weighted by atomic mass is 9.99. The maximum absolute atomic E-state index is 9.62. The number of aliphatic hydroxyl groups is 1. The molecule has 0 aromatic carbocycles. The van der Waals surface area contributed by atoms with Crippen molar-refractivity contribution in [2.45, 2.75) is 71.1 Å². The highest BCUT2D eigenvalue weighted by molar-refractivity contribution is 4.77. The molecule has 1 aliphatic heterocycles. The summed E-state index contributed by atoms with van der Waals surface area (Å²) in [6.45, 7) is 9.12. The van der Waals surface area contributed by atoms with Gasteiger partial charge in [-0.2, -0.15) is 0 Å². The molecule has 0 aromatic rings. The summed E-state index contributed by atoms with van der Waals surface area (Å²) < 4.78 is 0. The molecule has 3 nitrogen and oxygen atoms in total. The Morgan fingerprint density at radius 2 is 1.80 bits per heavy atom. The van der Waals surface area contributed by atoms with E-state index in [2.05, 4.69) is 24.3 Å². The summed E-state index contributed by atoms with van der Waals surface area (Å²) in [7, 11) is 0. The van der Waals surface area contributed by atoms with Crippen LogP contribution in [0.25, 0.3) is 0 Å². The van der Waals surface area contributed by atoms with E-state index < -0.39 is 5.60 Å². The summed E-state index contributed by atoms with van der Waals surface area (Å²) in [5.41, 5.74) is 2.89. The molecule has 2 N–H and O–H groups in total. The molecule has 1 heterocycles. The van der Waals surface area contributed by atoms with Gasteiger partial charge in [0.05, 0.1) is 5.60 Å². The normalized spacial score (nSPS) is 29.4. The SMILES string of the molecule is CC1CCCC(C)N1NCCC(C)(C)O. The van der Waals surface area contributed by atoms with Crippen LogP contribution in [0, 0.1) is 0 Å². The van der Waals surface area contributed by atoms with E-state index in [4.69, 9.17) is 0 Å². The quantitative estimate of drug-likeness (QED) is 0.750. The highest BCUT2D eigenvalue weighted by Gasteiger charge is 2.24. The molecule has 0 radical (unpaired) electrons. The van der Waals surface area contributed by atoms with E-state index in [-0.39, 0.29) is 0 Å². The third-order valence-electron chi connectivity index (χ3n) is 3.22. The van der Waals surface area contributed by atoms with Crippen molar-refractivity contribution in [1.29, 1.82) is 0 Å². The Morgan fingerprint density at radius 1 is 1.27 bits per heavy atom. The molecule has 0 amide bonds. The highest BCUT2D eigenvalue weighted by atomic mass is 16.3. The van der Waals surface area contributed by atoms with Crippen LogP contribution in [-0.4, -0.2) is 34.3 Å². The molecule has 1 rings (SSSR count). The number of hydrogen-bond donors (Lipinski definition) is 2. The number of nitrogens with zero attached hydrogens (tertiary/aromatic N) is 1. The number of rotatable bonds is 4. The molecule has 0 spiro atoms. The van der Waals surface area contributed by atoms with Gasteiger partial charge >= 0.3 is 0 Å². The van der Waals surface area contributed by atoms with E-state index in [9.17, 15) is 5.11 Å². The van der Waals surface area contributed by atoms with Crippen molar-refractivity contribution in [3.8, 4) is 0 Å². The predicted molar refractivity (Wildman–Crippen MR) is 63.5 cm³/mol. The first kappa shape index (κ1) is 12.9. The lowest BCUT2D eigenvalue weighted by Gasteiger charge is -2.39. The van der Waals surface area contributed by atoms with Crippen molar-refractivity contribution in [1.82, 2.24) is 10.4 Å². The van der Waals surface area contributed by atoms with Gasteiger partial charge in [-0.3, -0.25) is 5.43 Å². The van der Waals surface area contributed by atoms with Crippen LogP contribution in [0.2, 0.25) is 0 Å². The van der Waals surface area contributed by atoms with Gasteiger partial charge in [-0.25, -0.2) is 5.01 Å². The molecule has 90 valence electrons. The van der Waals surface area contributed by atoms with Gasteiger partial charge in [0.25, 0.3) is 0 Å². The molecule has 0 saturated carbocycles. The average Bonchev–Trinajstić information content (AvgIpc) is 2.08. The van der Waals surface area contributed by atoms with Crippen molar-refractivity contribution in [2.75, 3.05) is 6.54 Å². The Bertz CT molecular complexity index is 179. The number of piperidine rings is 1. The van der Waals surface area contributed by atoms with Gasteiger partial charge in [-0.15, -0.1) is 0 Å². The number of nitrogens with one attached hydrogen (secondary N) is 1. The van der Waals surface area contributed by atoms with Crippen molar-refractivity contribution < 1.29 is 5.11 Å². The smallest absolute Gasteiger partial charge is 0.0604 e. The largest absolute Gasteiger partial charge is 0.390 e. The zero-order valence-electron chi connectivity index (χ0n) is 10.6. The fourth-order valence-corrected chi connectivity index (χ4v) is 2.22. The minimum Gasteiger partial charge on any atom is -0.390 e. The second kappa shape index (κ2) is 5.28. The fourth-order valence-electron chi connectivity index (χ4n) is 2.22. The molecule has 1 saturated heterocycles. The van der Waals surface area contributed by atoms with Crippen molar-refractivity contribution in [2.24, 2.45) is 0 Å². The summed E-state index contributed by atoms with van der Waals surface area (Å²) in [4.78, 5) is 0. The fraction of sp³-hybridized carbons (Fsp3) is 1.00. The minimum atomic E-state index is -0.560. The Morgan fingerprint density at radius 3 is 2.27 bits per heavy atom. The Kier molecular flexibility index (Phi) is 4.56. The van der Waals surface area contributed by atoms with Crippen LogP contribution in [0.3, 0.4) is 0 Å². The van der Waals surface area contributed by atoms with E-state index in [1.807, 2.05) is 13.8 Å². The Hall–Kier alpha value is -0.120. The molecule has 2 unspecified atom stereocenters. The molecule has 0 aromatic heterocycles. The van der Waals surface area contributed by atoms with Crippen molar-refractivity contribution in [3.05, 3.63) is 0 Å². The summed E-state index contributed by atoms with van der Waals surface area (Å²) in [5, 5.41) is 12.0. The van der Waals surface area contributed by atoms with Crippen molar-refractivity contribution >= 4 is 0 Å². The first-order valence-electron chi connectivity index (χ1n) is 6.14. The van der Waals surface area contributed by atoms with Gasteiger partial charge in [-0.05, 0) is 47.0 Å². The van der Waals surface area contributed by atoms with Gasteiger partial charge in [0.15, 0.2) is 0 Å². The van der Waals surface area contributed by atoms with Gasteiger partial charge in [0, 0.05) is 18.6 Å². The van der Waals surface area contributed by atoms with E-state index in [1.165, 1.54) is 19.3 Å². The van der Waals surface area contributed by atoms with Crippen LogP contribution in [0.15, 0.2) is 0 Å². The molecular formula is C12H26N2O. The summed E-state index contributed by atoms with van der Waals surface area (Å²) in [6.07, 6.45) is 4.69. The van der Waals surface area contributed by atoms with Crippen molar-refractivity contribution in [3.63, 3.8) is 0 Å². The van der Waals surface area contributed by atoms with Crippen LogP contribution in [0.5, 0.6) is 0 Å². The third kappa shape index (κ3) is 4.49. The first-order chi connectivity index (χ1) is 6.90. The summed E-state index contributed by atoms with van der Waals surface area (Å²) in [5.74, 6) is 0. The Balaban J connectivity index is 2.29. The molecule has 15 heavy (non-hydrogen) atoms. The van der Waals surface area contributed by atoms with Crippen LogP contribution in [-0.2, 0) is 0 Å². The second-order valence-electron chi connectivity index (χ2n) is 5.51. The highest BCUT2D eigenvalue weighted by Crippen LogP contribution is 2.20. The monoisotopic (exact) mass is 214 g/mol. The molecule has 2 atom stereocenters. The van der Waals surface area contributed by atoms with E-state index >= 15 is 0 Å². The van der Waals surface area contributed by atoms with Gasteiger partial charge in [0.1, 0.15) is 0 Å². The third-order valence-corrected chi connectivity index (χ3v) is 3.22. The summed E-state index contributed by atoms with van der Waals surface area (Å²) >= 11 is 0. The molecule has 1 aliphatic rings. The van der Waals surface area contributed by atoms with Gasteiger partial charge in [0.2, 0.25) is 0 Å². The van der Waals surface area contributed by atoms with Crippen LogP contribution >= 0.6 is 0 Å². The van der Waals surface area contributed by atoms with Gasteiger partial charge < -0.3 is 5.11 Å². The van der Waals surface area contributed by atoms with E-state index in [0.29, 0.717) is 12.1 Å². The van der Waals surface area contributed by atoms with Crippen LogP contribution in [0.1, 0.15) is 53.4 Å². The molecular weight excluding hydrogens is 188 g/mol. The lowest BCUT2D eigenvalue weighted by Crippen LogP contribution is -2.52. The zero-order chi connectivity index (χ0) is 11.5. The average molecular weight is 214 g/mol. The standard InChI is InChI=1S/C12H26N2O/c1-10-6-5-7-11(2)14(10)13-9-8-12(3,4)15/h10-11,13,15H,5-9H2,1-4H3. The zero-order valence-corrected chi connectivity index (χ0v) is 10.6. The lowest BCUT2D eigenvalue weighted by molar-refractivity contribution is 0.0243. The van der Waals surface area contributed by atoms with Gasteiger partial charge in [-0.1, -0.05) is 6.42 Å². The molecule has 1 fully saturated rings. The van der Waals surface area contributed by atoms with Crippen LogP contribution in [0.4, 0.5) is 0 Å². The van der Waals surface area contributed by atoms with E-state index in [1.54, 1.807) is 0 Å². The first-order valence-corrected chi connectivity index (χ1v) is 6.14. The number of hydrogen-bond acceptors (Lipinski definition) is 3. The van der Waals surface area contributed by atoms with E-state index in [0.717, 1.165) is 13.0 Å². The van der Waals surface area contributed by atoms with Crippen LogP contribution < -0.4 is 5.43 Å². The number of hydrazine groups is 1. The summed E-state index contributed by atoms with van der Waals surface area (Å²) in [6, 6.07) is 1.24. The minimum absolute atomic E-state index is 0.560. The molecule has 0 bridgehead atoms. The molecule has 3 heteroatoms. The topological polar surface area (TPSA) is 35.5 Å². The predicted octanol–water partition coefficient (Wildman–Crippen LogP) is 1.91.